The van der Waals surface area contributed by atoms with Crippen LogP contribution in [0.4, 0.5) is 5.69 Å². The summed E-state index contributed by atoms with van der Waals surface area (Å²) in [5.41, 5.74) is 1.87. The van der Waals surface area contributed by atoms with E-state index in [0.717, 1.165) is 0 Å². The molecule has 6 heteroatoms. The van der Waals surface area contributed by atoms with Crippen LogP contribution in [0.3, 0.4) is 0 Å². The third-order valence-electron chi connectivity index (χ3n) is 3.67. The van der Waals surface area contributed by atoms with Gasteiger partial charge in [0.2, 0.25) is 10.0 Å². The number of fused-ring (bicyclic) bond motifs is 1. The van der Waals surface area contributed by atoms with E-state index in [1.807, 2.05) is 26.0 Å². The monoisotopic (exact) mass is 310 g/mol. The molecule has 1 aromatic carbocycles. The topological polar surface area (TPSA) is 70.0 Å². The molecule has 1 N–H and O–H groups in total. The van der Waals surface area contributed by atoms with Crippen molar-refractivity contribution in [2.75, 3.05) is 16.6 Å². The Morgan fingerprint density at radius 2 is 2.05 bits per heavy atom. The molecule has 0 saturated heterocycles. The van der Waals surface area contributed by atoms with Gasteiger partial charge in [-0.05, 0) is 31.2 Å². The van der Waals surface area contributed by atoms with Crippen molar-refractivity contribution in [1.82, 2.24) is 0 Å². The van der Waals surface area contributed by atoms with E-state index < -0.39 is 10.0 Å². The van der Waals surface area contributed by atoms with Crippen molar-refractivity contribution in [3.63, 3.8) is 0 Å². The van der Waals surface area contributed by atoms with Crippen LogP contribution in [0.2, 0.25) is 0 Å². The number of hydrogen-bond acceptors (Lipinski definition) is 4. The maximum Gasteiger partial charge on any atom is 0.235 e. The Morgan fingerprint density at radius 3 is 2.71 bits per heavy atom. The summed E-state index contributed by atoms with van der Waals surface area (Å²) >= 11 is 0. The van der Waals surface area contributed by atoms with Crippen molar-refractivity contribution in [3.05, 3.63) is 29.8 Å². The lowest BCUT2D eigenvalue weighted by atomic mass is 10.1. The van der Waals surface area contributed by atoms with E-state index in [4.69, 9.17) is 5.21 Å². The maximum absolute atomic E-state index is 12.6. The Bertz CT molecular complexity index is 624. The summed E-state index contributed by atoms with van der Waals surface area (Å²) in [4.78, 5) is 0. The first-order chi connectivity index (χ1) is 9.95. The molecule has 2 rings (SSSR count). The number of sulfonamides is 1. The highest BCUT2D eigenvalue weighted by atomic mass is 32.2. The van der Waals surface area contributed by atoms with Gasteiger partial charge in [0, 0.05) is 12.1 Å². The van der Waals surface area contributed by atoms with E-state index in [1.54, 1.807) is 12.1 Å². The third kappa shape index (κ3) is 3.56. The molecular formula is C15H22N2O3S. The predicted octanol–water partition coefficient (Wildman–Crippen LogP) is 2.84. The summed E-state index contributed by atoms with van der Waals surface area (Å²) in [6.07, 6.45) is 1.86. The van der Waals surface area contributed by atoms with Crippen LogP contribution >= 0.6 is 0 Å². The van der Waals surface area contributed by atoms with Gasteiger partial charge in [-0.25, -0.2) is 8.42 Å². The van der Waals surface area contributed by atoms with Gasteiger partial charge in [-0.3, -0.25) is 4.31 Å². The molecule has 116 valence electrons. The molecule has 0 radical (unpaired) electrons. The van der Waals surface area contributed by atoms with Gasteiger partial charge in [0.05, 0.1) is 17.2 Å². The van der Waals surface area contributed by atoms with Crippen molar-refractivity contribution in [3.8, 4) is 0 Å². The molecule has 1 aliphatic rings. The molecule has 21 heavy (non-hydrogen) atoms. The summed E-state index contributed by atoms with van der Waals surface area (Å²) in [5, 5.41) is 12.5. The Kier molecular flexibility index (Phi) is 4.88. The molecule has 0 aliphatic carbocycles. The second-order valence-electron chi connectivity index (χ2n) is 5.74. The average molecular weight is 310 g/mol. The molecule has 5 nitrogen and oxygen atoms in total. The molecule has 0 fully saturated rings. The molecule has 0 atom stereocenters. The number of oxime groups is 1. The largest absolute Gasteiger partial charge is 0.411 e. The minimum absolute atomic E-state index is 0.143. The molecule has 0 spiro atoms. The summed E-state index contributed by atoms with van der Waals surface area (Å²) in [6.45, 7) is 4.46. The van der Waals surface area contributed by atoms with Gasteiger partial charge in [0.15, 0.2) is 0 Å². The van der Waals surface area contributed by atoms with Crippen LogP contribution in [0, 0.1) is 5.92 Å². The molecule has 0 amide bonds. The summed E-state index contributed by atoms with van der Waals surface area (Å²) in [7, 11) is -3.35. The van der Waals surface area contributed by atoms with Gasteiger partial charge in [0.1, 0.15) is 0 Å². The number of para-hydroxylation sites is 1. The Hall–Kier alpha value is -1.56. The Labute approximate surface area is 126 Å². The van der Waals surface area contributed by atoms with E-state index in [-0.39, 0.29) is 5.75 Å². The van der Waals surface area contributed by atoms with Crippen LogP contribution in [0.15, 0.2) is 29.4 Å². The fourth-order valence-corrected chi connectivity index (χ4v) is 4.32. The van der Waals surface area contributed by atoms with E-state index in [1.165, 1.54) is 4.31 Å². The van der Waals surface area contributed by atoms with Crippen molar-refractivity contribution in [1.29, 1.82) is 0 Å². The molecule has 1 aliphatic heterocycles. The van der Waals surface area contributed by atoms with E-state index in [9.17, 15) is 8.42 Å². The third-order valence-corrected chi connectivity index (χ3v) is 5.47. The van der Waals surface area contributed by atoms with Crippen LogP contribution in [0.25, 0.3) is 0 Å². The van der Waals surface area contributed by atoms with Gasteiger partial charge < -0.3 is 5.21 Å². The minimum atomic E-state index is -3.35. The quantitative estimate of drug-likeness (QED) is 0.686. The molecule has 0 bridgehead atoms. The first-order valence-corrected chi connectivity index (χ1v) is 8.87. The standard InChI is InChI=1S/C15H22N2O3S/c1-12(2)9-11-21(19,20)17-10-5-7-14(16-18)13-6-3-4-8-15(13)17/h3-4,6,8,12,18H,5,7,9-11H2,1-2H3/b16-14-. The van der Waals surface area contributed by atoms with E-state index >= 15 is 0 Å². The minimum Gasteiger partial charge on any atom is -0.411 e. The molecule has 1 heterocycles. The number of nitrogens with zero attached hydrogens (tertiary/aromatic N) is 2. The van der Waals surface area contributed by atoms with Crippen molar-refractivity contribution < 1.29 is 13.6 Å². The van der Waals surface area contributed by atoms with Gasteiger partial charge in [0.25, 0.3) is 0 Å². The van der Waals surface area contributed by atoms with Gasteiger partial charge in [-0.1, -0.05) is 37.2 Å². The normalized spacial score (nSPS) is 17.9. The van der Waals surface area contributed by atoms with Crippen molar-refractivity contribution >= 4 is 21.4 Å². The second kappa shape index (κ2) is 6.47. The van der Waals surface area contributed by atoms with Crippen LogP contribution in [-0.4, -0.2) is 31.6 Å². The highest BCUT2D eigenvalue weighted by molar-refractivity contribution is 7.92. The molecule has 1 aromatic rings. The fourth-order valence-electron chi connectivity index (χ4n) is 2.47. The number of hydrogen-bond donors (Lipinski definition) is 1. The first-order valence-electron chi connectivity index (χ1n) is 7.26. The number of rotatable bonds is 4. The van der Waals surface area contributed by atoms with Gasteiger partial charge in [-0.2, -0.15) is 0 Å². The van der Waals surface area contributed by atoms with E-state index in [0.29, 0.717) is 48.7 Å². The molecule has 0 saturated carbocycles. The highest BCUT2D eigenvalue weighted by Crippen LogP contribution is 2.29. The first kappa shape index (κ1) is 15.8. The van der Waals surface area contributed by atoms with Crippen molar-refractivity contribution in [2.24, 2.45) is 11.1 Å². The highest BCUT2D eigenvalue weighted by Gasteiger charge is 2.28. The zero-order chi connectivity index (χ0) is 15.5. The molecular weight excluding hydrogens is 288 g/mol. The predicted molar refractivity (Wildman–Crippen MR) is 84.6 cm³/mol. The lowest BCUT2D eigenvalue weighted by molar-refractivity contribution is 0.318. The number of benzene rings is 1. The smallest absolute Gasteiger partial charge is 0.235 e. The van der Waals surface area contributed by atoms with Crippen LogP contribution in [-0.2, 0) is 10.0 Å². The van der Waals surface area contributed by atoms with Crippen molar-refractivity contribution in [2.45, 2.75) is 33.1 Å². The molecule has 0 aromatic heterocycles. The lowest BCUT2D eigenvalue weighted by Crippen LogP contribution is -2.34. The fraction of sp³-hybridized carbons (Fsp3) is 0.533. The van der Waals surface area contributed by atoms with E-state index in [2.05, 4.69) is 5.16 Å². The average Bonchev–Trinajstić information content (AvgIpc) is 2.65. The van der Waals surface area contributed by atoms with Gasteiger partial charge in [-0.15, -0.1) is 0 Å². The van der Waals surface area contributed by atoms with Crippen LogP contribution in [0.5, 0.6) is 0 Å². The summed E-state index contributed by atoms with van der Waals surface area (Å²) < 4.78 is 26.7. The summed E-state index contributed by atoms with van der Waals surface area (Å²) in [5.74, 6) is 0.487. The summed E-state index contributed by atoms with van der Waals surface area (Å²) in [6, 6.07) is 7.22. The molecule has 0 unspecified atom stereocenters. The maximum atomic E-state index is 12.6. The van der Waals surface area contributed by atoms with Crippen LogP contribution < -0.4 is 4.31 Å². The Morgan fingerprint density at radius 1 is 1.33 bits per heavy atom. The zero-order valence-corrected chi connectivity index (χ0v) is 13.3. The lowest BCUT2D eigenvalue weighted by Gasteiger charge is -2.24. The second-order valence-corrected chi connectivity index (χ2v) is 7.75. The SMILES string of the molecule is CC(C)CCS(=O)(=O)N1CCC/C(=N/O)c2ccccc21. The zero-order valence-electron chi connectivity index (χ0n) is 12.5. The Balaban J connectivity index is 2.40. The van der Waals surface area contributed by atoms with Gasteiger partial charge >= 0.3 is 0 Å². The number of anilines is 1. The van der Waals surface area contributed by atoms with Crippen LogP contribution in [0.1, 0.15) is 38.7 Å².